The van der Waals surface area contributed by atoms with Crippen molar-refractivity contribution in [2.24, 2.45) is 0 Å². The van der Waals surface area contributed by atoms with Crippen LogP contribution in [0.4, 0.5) is 5.69 Å². The van der Waals surface area contributed by atoms with Crippen LogP contribution >= 0.6 is 11.8 Å². The van der Waals surface area contributed by atoms with E-state index in [1.807, 2.05) is 50.4 Å². The molecule has 5 nitrogen and oxygen atoms in total. The molecule has 1 atom stereocenters. The Balaban J connectivity index is 1.91. The van der Waals surface area contributed by atoms with E-state index in [4.69, 9.17) is 0 Å². The average molecular weight is 358 g/mol. The molecule has 0 aliphatic rings. The lowest BCUT2D eigenvalue weighted by Crippen LogP contribution is -2.37. The number of hydrogen-bond acceptors (Lipinski definition) is 4. The first-order valence-electron chi connectivity index (χ1n) is 7.89. The molecule has 0 radical (unpaired) electrons. The number of aryl methyl sites for hydroxylation is 2. The van der Waals surface area contributed by atoms with Crippen LogP contribution < -0.4 is 10.6 Å². The second-order valence-electron chi connectivity index (χ2n) is 5.72. The SMILES string of the molecule is CSc1ccc(C(O)CNC(=O)C(=O)Nc2c(C)cccc2C)cc1. The summed E-state index contributed by atoms with van der Waals surface area (Å²) in [6.45, 7) is 3.70. The van der Waals surface area contributed by atoms with E-state index in [9.17, 15) is 14.7 Å². The number of hydrogen-bond donors (Lipinski definition) is 3. The number of anilines is 1. The number of nitrogens with one attached hydrogen (secondary N) is 2. The molecule has 3 N–H and O–H groups in total. The molecule has 2 rings (SSSR count). The topological polar surface area (TPSA) is 78.4 Å². The fraction of sp³-hybridized carbons (Fsp3) is 0.263. The Bertz CT molecular complexity index is 740. The second kappa shape index (κ2) is 8.69. The van der Waals surface area contributed by atoms with E-state index in [0.717, 1.165) is 16.0 Å². The van der Waals surface area contributed by atoms with Crippen molar-refractivity contribution in [1.29, 1.82) is 0 Å². The Hall–Kier alpha value is -2.31. The zero-order valence-corrected chi connectivity index (χ0v) is 15.3. The molecule has 1 unspecified atom stereocenters. The fourth-order valence-corrected chi connectivity index (χ4v) is 2.80. The number of benzene rings is 2. The molecule has 25 heavy (non-hydrogen) atoms. The van der Waals surface area contributed by atoms with Crippen molar-refractivity contribution in [2.75, 3.05) is 18.1 Å². The molecular formula is C19H22N2O3S. The number of carbonyl (C=O) groups excluding carboxylic acids is 2. The van der Waals surface area contributed by atoms with Gasteiger partial charge in [0.1, 0.15) is 0 Å². The zero-order chi connectivity index (χ0) is 18.4. The summed E-state index contributed by atoms with van der Waals surface area (Å²) in [7, 11) is 0. The lowest BCUT2D eigenvalue weighted by atomic mass is 10.1. The molecule has 0 saturated carbocycles. The predicted octanol–water partition coefficient (Wildman–Crippen LogP) is 2.81. The molecule has 6 heteroatoms. The molecule has 0 saturated heterocycles. The van der Waals surface area contributed by atoms with Crippen LogP contribution in [0.25, 0.3) is 0 Å². The summed E-state index contributed by atoms with van der Waals surface area (Å²) < 4.78 is 0. The molecule has 2 amide bonds. The summed E-state index contributed by atoms with van der Waals surface area (Å²) in [6, 6.07) is 13.0. The van der Waals surface area contributed by atoms with Crippen LogP contribution in [0, 0.1) is 13.8 Å². The summed E-state index contributed by atoms with van der Waals surface area (Å²) in [5.41, 5.74) is 3.09. The van der Waals surface area contributed by atoms with Crippen LogP contribution in [0.1, 0.15) is 22.8 Å². The van der Waals surface area contributed by atoms with Gasteiger partial charge in [-0.25, -0.2) is 0 Å². The Morgan fingerprint density at radius 2 is 1.64 bits per heavy atom. The monoisotopic (exact) mass is 358 g/mol. The van der Waals surface area contributed by atoms with Gasteiger partial charge in [0.2, 0.25) is 0 Å². The Morgan fingerprint density at radius 1 is 1.04 bits per heavy atom. The van der Waals surface area contributed by atoms with E-state index in [1.165, 1.54) is 0 Å². The van der Waals surface area contributed by atoms with E-state index in [0.29, 0.717) is 11.3 Å². The maximum absolute atomic E-state index is 12.0. The lowest BCUT2D eigenvalue weighted by molar-refractivity contribution is -0.136. The normalized spacial score (nSPS) is 11.7. The van der Waals surface area contributed by atoms with Gasteiger partial charge in [-0.15, -0.1) is 11.8 Å². The second-order valence-corrected chi connectivity index (χ2v) is 6.60. The number of thioether (sulfide) groups is 1. The summed E-state index contributed by atoms with van der Waals surface area (Å²) >= 11 is 1.61. The molecule has 2 aromatic carbocycles. The first-order valence-corrected chi connectivity index (χ1v) is 9.12. The van der Waals surface area contributed by atoms with E-state index < -0.39 is 17.9 Å². The molecule has 0 spiro atoms. The van der Waals surface area contributed by atoms with Crippen molar-refractivity contribution in [3.05, 3.63) is 59.2 Å². The number of para-hydroxylation sites is 1. The first kappa shape index (κ1) is 19.0. The standard InChI is InChI=1S/C19H22N2O3S/c1-12-5-4-6-13(2)17(12)21-19(24)18(23)20-11-16(22)14-7-9-15(25-3)10-8-14/h4-10,16,22H,11H2,1-3H3,(H,20,23)(H,21,24). The average Bonchev–Trinajstić information content (AvgIpc) is 2.62. The van der Waals surface area contributed by atoms with Gasteiger partial charge in [-0.1, -0.05) is 30.3 Å². The minimum atomic E-state index is -0.868. The molecular weight excluding hydrogens is 336 g/mol. The van der Waals surface area contributed by atoms with Gasteiger partial charge in [0.05, 0.1) is 6.10 Å². The number of aliphatic hydroxyl groups excluding tert-OH is 1. The van der Waals surface area contributed by atoms with Gasteiger partial charge in [-0.05, 0) is 48.9 Å². The van der Waals surface area contributed by atoms with Crippen molar-refractivity contribution in [1.82, 2.24) is 5.32 Å². The van der Waals surface area contributed by atoms with Crippen molar-refractivity contribution >= 4 is 29.3 Å². The van der Waals surface area contributed by atoms with Crippen molar-refractivity contribution in [3.8, 4) is 0 Å². The highest BCUT2D eigenvalue weighted by molar-refractivity contribution is 7.98. The quantitative estimate of drug-likeness (QED) is 0.567. The zero-order valence-electron chi connectivity index (χ0n) is 14.5. The van der Waals surface area contributed by atoms with Gasteiger partial charge in [-0.3, -0.25) is 9.59 Å². The number of amides is 2. The van der Waals surface area contributed by atoms with Crippen molar-refractivity contribution < 1.29 is 14.7 Å². The highest BCUT2D eigenvalue weighted by Crippen LogP contribution is 2.20. The van der Waals surface area contributed by atoms with Crippen LogP contribution in [0.3, 0.4) is 0 Å². The van der Waals surface area contributed by atoms with Crippen LogP contribution in [0.5, 0.6) is 0 Å². The Labute approximate surface area is 151 Å². The van der Waals surface area contributed by atoms with Gasteiger partial charge >= 0.3 is 11.8 Å². The van der Waals surface area contributed by atoms with Gasteiger partial charge in [-0.2, -0.15) is 0 Å². The highest BCUT2D eigenvalue weighted by atomic mass is 32.2. The molecule has 2 aromatic rings. The first-order chi connectivity index (χ1) is 11.9. The minimum Gasteiger partial charge on any atom is -0.387 e. The summed E-state index contributed by atoms with van der Waals surface area (Å²) in [6.07, 6.45) is 1.10. The van der Waals surface area contributed by atoms with E-state index in [2.05, 4.69) is 10.6 Å². The summed E-state index contributed by atoms with van der Waals surface area (Å²) in [4.78, 5) is 25.1. The highest BCUT2D eigenvalue weighted by Gasteiger charge is 2.17. The van der Waals surface area contributed by atoms with Crippen molar-refractivity contribution in [2.45, 2.75) is 24.8 Å². The largest absolute Gasteiger partial charge is 0.387 e. The summed E-state index contributed by atoms with van der Waals surface area (Å²) in [5.74, 6) is -1.52. The smallest absolute Gasteiger partial charge is 0.313 e. The molecule has 0 aromatic heterocycles. The van der Waals surface area contributed by atoms with Crippen LogP contribution in [-0.4, -0.2) is 29.7 Å². The van der Waals surface area contributed by atoms with Crippen LogP contribution in [-0.2, 0) is 9.59 Å². The van der Waals surface area contributed by atoms with Gasteiger partial charge in [0.25, 0.3) is 0 Å². The molecule has 0 fully saturated rings. The lowest BCUT2D eigenvalue weighted by Gasteiger charge is -2.14. The van der Waals surface area contributed by atoms with E-state index >= 15 is 0 Å². The molecule has 0 aliphatic heterocycles. The van der Waals surface area contributed by atoms with E-state index in [1.54, 1.807) is 23.9 Å². The Morgan fingerprint density at radius 3 is 2.20 bits per heavy atom. The van der Waals surface area contributed by atoms with Crippen molar-refractivity contribution in [3.63, 3.8) is 0 Å². The van der Waals surface area contributed by atoms with Crippen LogP contribution in [0.15, 0.2) is 47.4 Å². The predicted molar refractivity (Wildman–Crippen MR) is 101 cm³/mol. The van der Waals surface area contributed by atoms with E-state index in [-0.39, 0.29) is 6.54 Å². The van der Waals surface area contributed by atoms with Gasteiger partial charge in [0, 0.05) is 17.1 Å². The molecule has 132 valence electrons. The molecule has 0 aliphatic carbocycles. The van der Waals surface area contributed by atoms with Gasteiger partial charge in [0.15, 0.2) is 0 Å². The van der Waals surface area contributed by atoms with Gasteiger partial charge < -0.3 is 15.7 Å². The fourth-order valence-electron chi connectivity index (χ4n) is 2.40. The third-order valence-corrected chi connectivity index (χ3v) is 4.63. The minimum absolute atomic E-state index is 0.0301. The third-order valence-electron chi connectivity index (χ3n) is 3.88. The van der Waals surface area contributed by atoms with Crippen LogP contribution in [0.2, 0.25) is 0 Å². The molecule has 0 heterocycles. The maximum atomic E-state index is 12.0. The maximum Gasteiger partial charge on any atom is 0.313 e. The number of carbonyl (C=O) groups is 2. The summed E-state index contributed by atoms with van der Waals surface area (Å²) in [5, 5.41) is 15.2. The third kappa shape index (κ3) is 5.08. The number of aliphatic hydroxyl groups is 1. The Kier molecular flexibility index (Phi) is 6.61. The molecule has 0 bridgehead atoms. The number of rotatable bonds is 5.